The lowest BCUT2D eigenvalue weighted by Crippen LogP contribution is -2.20. The molecule has 0 saturated carbocycles. The van der Waals surface area contributed by atoms with Crippen LogP contribution >= 0.6 is 0 Å². The average Bonchev–Trinajstić information content (AvgIpc) is 2.94. The summed E-state index contributed by atoms with van der Waals surface area (Å²) in [4.78, 5) is 2.34. The molecule has 1 heterocycles. The first kappa shape index (κ1) is 14.9. The van der Waals surface area contributed by atoms with Crippen molar-refractivity contribution in [3.05, 3.63) is 83.9 Å². The highest BCUT2D eigenvalue weighted by Crippen LogP contribution is 2.34. The average molecular weight is 299 g/mol. The number of likely N-dealkylation sites (tertiary alicyclic amines) is 1. The maximum Gasteiger partial charge on any atom is 0.159 e. The highest BCUT2D eigenvalue weighted by molar-refractivity contribution is 5.26. The number of rotatable bonds is 4. The van der Waals surface area contributed by atoms with Crippen molar-refractivity contribution in [1.29, 1.82) is 0 Å². The van der Waals surface area contributed by atoms with Crippen molar-refractivity contribution < 1.29 is 8.78 Å². The van der Waals surface area contributed by atoms with E-state index in [1.54, 1.807) is 6.07 Å². The third-order valence-electron chi connectivity index (χ3n) is 4.36. The second-order valence-corrected chi connectivity index (χ2v) is 5.86. The van der Waals surface area contributed by atoms with Gasteiger partial charge in [0.25, 0.3) is 0 Å². The highest BCUT2D eigenvalue weighted by atomic mass is 19.2. The van der Waals surface area contributed by atoms with Gasteiger partial charge >= 0.3 is 0 Å². The lowest BCUT2D eigenvalue weighted by Gasteiger charge is -2.16. The zero-order valence-electron chi connectivity index (χ0n) is 12.4. The summed E-state index contributed by atoms with van der Waals surface area (Å²) in [7, 11) is 0. The smallest absolute Gasteiger partial charge is 0.159 e. The molecule has 1 aliphatic heterocycles. The molecule has 3 heteroatoms. The monoisotopic (exact) mass is 299 g/mol. The quantitative estimate of drug-likeness (QED) is 0.758. The molecule has 2 unspecified atom stereocenters. The van der Waals surface area contributed by atoms with Gasteiger partial charge < -0.3 is 0 Å². The Balaban J connectivity index is 1.77. The molecule has 2 atom stereocenters. The first-order valence-corrected chi connectivity index (χ1v) is 7.51. The van der Waals surface area contributed by atoms with Crippen LogP contribution in [0.3, 0.4) is 0 Å². The van der Waals surface area contributed by atoms with Crippen LogP contribution in [0.15, 0.2) is 61.2 Å². The van der Waals surface area contributed by atoms with Crippen LogP contribution in [0, 0.1) is 17.6 Å². The van der Waals surface area contributed by atoms with Crippen molar-refractivity contribution in [2.75, 3.05) is 13.1 Å². The molecule has 1 fully saturated rings. The van der Waals surface area contributed by atoms with Gasteiger partial charge in [0.15, 0.2) is 11.6 Å². The number of benzene rings is 2. The minimum absolute atomic E-state index is 0.163. The summed E-state index contributed by atoms with van der Waals surface area (Å²) < 4.78 is 26.6. The van der Waals surface area contributed by atoms with Crippen LogP contribution in [0.2, 0.25) is 0 Å². The van der Waals surface area contributed by atoms with Gasteiger partial charge in [0.1, 0.15) is 0 Å². The van der Waals surface area contributed by atoms with Gasteiger partial charge in [-0.25, -0.2) is 8.78 Å². The number of halogens is 2. The van der Waals surface area contributed by atoms with Gasteiger partial charge in [-0.2, -0.15) is 0 Å². The molecule has 0 N–H and O–H groups in total. The Morgan fingerprint density at radius 1 is 1.05 bits per heavy atom. The molecule has 0 aliphatic carbocycles. The van der Waals surface area contributed by atoms with E-state index in [9.17, 15) is 8.78 Å². The molecular formula is C19H19F2N. The van der Waals surface area contributed by atoms with Gasteiger partial charge in [-0.1, -0.05) is 42.5 Å². The molecule has 0 bridgehead atoms. The van der Waals surface area contributed by atoms with Gasteiger partial charge in [-0.05, 0) is 29.2 Å². The SMILES string of the molecule is C=CC1CN(Cc2ccccc2)CC1c1ccc(F)c(F)c1. The van der Waals surface area contributed by atoms with E-state index in [1.807, 2.05) is 24.3 Å². The zero-order chi connectivity index (χ0) is 15.5. The second-order valence-electron chi connectivity index (χ2n) is 5.86. The Morgan fingerprint density at radius 3 is 2.50 bits per heavy atom. The van der Waals surface area contributed by atoms with E-state index in [2.05, 4.69) is 23.6 Å². The molecule has 1 aliphatic rings. The van der Waals surface area contributed by atoms with Crippen LogP contribution in [0.4, 0.5) is 8.78 Å². The summed E-state index contributed by atoms with van der Waals surface area (Å²) in [5, 5.41) is 0. The van der Waals surface area contributed by atoms with Crippen LogP contribution in [0.25, 0.3) is 0 Å². The van der Waals surface area contributed by atoms with Crippen molar-refractivity contribution >= 4 is 0 Å². The fourth-order valence-corrected chi connectivity index (χ4v) is 3.22. The molecular weight excluding hydrogens is 280 g/mol. The molecule has 1 nitrogen and oxygen atoms in total. The van der Waals surface area contributed by atoms with E-state index in [0.717, 1.165) is 25.2 Å². The summed E-state index contributed by atoms with van der Waals surface area (Å²) in [5.74, 6) is -1.15. The molecule has 2 aromatic rings. The topological polar surface area (TPSA) is 3.24 Å². The minimum Gasteiger partial charge on any atom is -0.298 e. The number of hydrogen-bond donors (Lipinski definition) is 0. The molecule has 0 amide bonds. The van der Waals surface area contributed by atoms with Crippen LogP contribution in [0.1, 0.15) is 17.0 Å². The standard InChI is InChI=1S/C19H19F2N/c1-2-15-12-22(11-14-6-4-3-5-7-14)13-17(15)16-8-9-18(20)19(21)10-16/h2-10,15,17H,1,11-13H2. The first-order valence-electron chi connectivity index (χ1n) is 7.51. The highest BCUT2D eigenvalue weighted by Gasteiger charge is 2.32. The Labute approximate surface area is 129 Å². The Hall–Kier alpha value is -2.00. The normalized spacial score (nSPS) is 21.9. The lowest BCUT2D eigenvalue weighted by molar-refractivity contribution is 0.322. The summed E-state index contributed by atoms with van der Waals surface area (Å²) in [6.45, 7) is 6.49. The third kappa shape index (κ3) is 3.09. The summed E-state index contributed by atoms with van der Waals surface area (Å²) in [6.07, 6.45) is 1.93. The maximum atomic E-state index is 13.5. The van der Waals surface area contributed by atoms with Crippen molar-refractivity contribution in [3.63, 3.8) is 0 Å². The number of nitrogens with zero attached hydrogens (tertiary/aromatic N) is 1. The van der Waals surface area contributed by atoms with E-state index >= 15 is 0 Å². The predicted molar refractivity (Wildman–Crippen MR) is 84.5 cm³/mol. The summed E-state index contributed by atoms with van der Waals surface area (Å²) in [5.41, 5.74) is 2.11. The molecule has 2 aromatic carbocycles. The third-order valence-corrected chi connectivity index (χ3v) is 4.36. The van der Waals surface area contributed by atoms with E-state index in [-0.39, 0.29) is 11.8 Å². The van der Waals surface area contributed by atoms with Gasteiger partial charge in [0.05, 0.1) is 0 Å². The molecule has 0 aromatic heterocycles. The fourth-order valence-electron chi connectivity index (χ4n) is 3.22. The summed E-state index contributed by atoms with van der Waals surface area (Å²) >= 11 is 0. The van der Waals surface area contributed by atoms with Gasteiger partial charge in [0.2, 0.25) is 0 Å². The molecule has 0 spiro atoms. The minimum atomic E-state index is -0.793. The van der Waals surface area contributed by atoms with Crippen LogP contribution in [-0.2, 0) is 6.54 Å². The van der Waals surface area contributed by atoms with Crippen molar-refractivity contribution in [1.82, 2.24) is 4.90 Å². The van der Waals surface area contributed by atoms with Crippen molar-refractivity contribution in [2.24, 2.45) is 5.92 Å². The van der Waals surface area contributed by atoms with Gasteiger partial charge in [-0.15, -0.1) is 6.58 Å². The van der Waals surface area contributed by atoms with E-state index < -0.39 is 11.6 Å². The van der Waals surface area contributed by atoms with Gasteiger partial charge in [-0.3, -0.25) is 4.90 Å². The van der Waals surface area contributed by atoms with Crippen LogP contribution in [-0.4, -0.2) is 18.0 Å². The molecule has 1 saturated heterocycles. The molecule has 114 valence electrons. The zero-order valence-corrected chi connectivity index (χ0v) is 12.4. The Bertz CT molecular complexity index is 654. The van der Waals surface area contributed by atoms with Crippen molar-refractivity contribution in [2.45, 2.75) is 12.5 Å². The Morgan fingerprint density at radius 2 is 1.82 bits per heavy atom. The van der Waals surface area contributed by atoms with Crippen molar-refractivity contribution in [3.8, 4) is 0 Å². The van der Waals surface area contributed by atoms with E-state index in [1.165, 1.54) is 17.7 Å². The van der Waals surface area contributed by atoms with Crippen LogP contribution in [0.5, 0.6) is 0 Å². The molecule has 3 rings (SSSR count). The second kappa shape index (κ2) is 6.41. The lowest BCUT2D eigenvalue weighted by atomic mass is 9.89. The van der Waals surface area contributed by atoms with E-state index in [4.69, 9.17) is 0 Å². The van der Waals surface area contributed by atoms with E-state index in [0.29, 0.717) is 0 Å². The largest absolute Gasteiger partial charge is 0.298 e. The Kier molecular flexibility index (Phi) is 4.34. The number of hydrogen-bond acceptors (Lipinski definition) is 1. The van der Waals surface area contributed by atoms with Crippen LogP contribution < -0.4 is 0 Å². The molecule has 0 radical (unpaired) electrons. The summed E-state index contributed by atoms with van der Waals surface area (Å²) in [6, 6.07) is 14.5. The van der Waals surface area contributed by atoms with Gasteiger partial charge in [0, 0.05) is 25.6 Å². The first-order chi connectivity index (χ1) is 10.7. The molecule has 22 heavy (non-hydrogen) atoms. The predicted octanol–water partition coefficient (Wildman–Crippen LogP) is 4.37. The fraction of sp³-hybridized carbons (Fsp3) is 0.263. The maximum absolute atomic E-state index is 13.5.